The molecule has 0 spiro atoms. The van der Waals surface area contributed by atoms with Crippen molar-refractivity contribution in [3.05, 3.63) is 56.7 Å². The molecular weight excluding hydrogens is 302 g/mol. The Kier molecular flexibility index (Phi) is 3.27. The number of fused-ring (bicyclic) bond motifs is 1. The van der Waals surface area contributed by atoms with Crippen molar-refractivity contribution in [2.45, 2.75) is 25.3 Å². The number of halogens is 1. The first-order chi connectivity index (χ1) is 10.2. The van der Waals surface area contributed by atoms with E-state index in [1.54, 1.807) is 0 Å². The van der Waals surface area contributed by atoms with Crippen molar-refractivity contribution in [2.75, 3.05) is 6.54 Å². The molecule has 108 valence electrons. The molecule has 1 aliphatic carbocycles. The lowest BCUT2D eigenvalue weighted by Crippen LogP contribution is -2.36. The molecule has 2 aliphatic rings. The minimum atomic E-state index is 0.156. The van der Waals surface area contributed by atoms with Gasteiger partial charge in [0.1, 0.15) is 0 Å². The maximum absolute atomic E-state index is 12.7. The van der Waals surface area contributed by atoms with Gasteiger partial charge in [-0.1, -0.05) is 23.7 Å². The third-order valence-corrected chi connectivity index (χ3v) is 5.76. The maximum atomic E-state index is 12.7. The number of benzene rings is 1. The second-order valence-corrected chi connectivity index (χ2v) is 7.32. The van der Waals surface area contributed by atoms with Crippen LogP contribution in [0.25, 0.3) is 0 Å². The van der Waals surface area contributed by atoms with E-state index in [4.69, 9.17) is 11.6 Å². The van der Waals surface area contributed by atoms with E-state index in [0.29, 0.717) is 11.8 Å². The van der Waals surface area contributed by atoms with Crippen molar-refractivity contribution in [2.24, 2.45) is 5.92 Å². The molecule has 2 nitrogen and oxygen atoms in total. The lowest BCUT2D eigenvalue weighted by Gasteiger charge is -2.27. The Morgan fingerprint density at radius 3 is 3.10 bits per heavy atom. The second-order valence-electron chi connectivity index (χ2n) is 5.88. The summed E-state index contributed by atoms with van der Waals surface area (Å²) >= 11 is 7.85. The largest absolute Gasteiger partial charge is 0.338 e. The smallest absolute Gasteiger partial charge is 0.226 e. The fourth-order valence-electron chi connectivity index (χ4n) is 3.24. The summed E-state index contributed by atoms with van der Waals surface area (Å²) in [5, 5.41) is 2.89. The van der Waals surface area contributed by atoms with E-state index >= 15 is 0 Å². The summed E-state index contributed by atoms with van der Waals surface area (Å²) < 4.78 is 0. The summed E-state index contributed by atoms with van der Waals surface area (Å²) in [5.74, 6) is 0.834. The van der Waals surface area contributed by atoms with Gasteiger partial charge in [0.15, 0.2) is 0 Å². The molecule has 0 N–H and O–H groups in total. The quantitative estimate of drug-likeness (QED) is 0.817. The van der Waals surface area contributed by atoms with E-state index in [2.05, 4.69) is 17.5 Å². The molecule has 1 saturated carbocycles. The minimum Gasteiger partial charge on any atom is -0.338 e. The van der Waals surface area contributed by atoms with Gasteiger partial charge >= 0.3 is 0 Å². The Labute approximate surface area is 133 Å². The summed E-state index contributed by atoms with van der Waals surface area (Å²) in [7, 11) is 0. The van der Waals surface area contributed by atoms with Crippen LogP contribution in [0.3, 0.4) is 0 Å². The molecule has 1 aromatic heterocycles. The number of rotatable bonds is 2. The Morgan fingerprint density at radius 1 is 1.33 bits per heavy atom. The molecule has 1 aliphatic heterocycles. The van der Waals surface area contributed by atoms with Gasteiger partial charge in [-0.25, -0.2) is 0 Å². The maximum Gasteiger partial charge on any atom is 0.226 e. The van der Waals surface area contributed by atoms with Crippen LogP contribution in [-0.4, -0.2) is 17.4 Å². The first kappa shape index (κ1) is 13.4. The van der Waals surface area contributed by atoms with Crippen molar-refractivity contribution < 1.29 is 4.79 Å². The Bertz CT molecular complexity index is 696. The van der Waals surface area contributed by atoms with Crippen molar-refractivity contribution >= 4 is 28.8 Å². The van der Waals surface area contributed by atoms with Crippen LogP contribution in [0.15, 0.2) is 35.7 Å². The van der Waals surface area contributed by atoms with Crippen LogP contribution in [0.2, 0.25) is 5.02 Å². The molecule has 0 bridgehead atoms. The van der Waals surface area contributed by atoms with Gasteiger partial charge in [0.05, 0.1) is 0 Å². The fraction of sp³-hybridized carbons (Fsp3) is 0.353. The summed E-state index contributed by atoms with van der Waals surface area (Å²) in [5.41, 5.74) is 2.54. The van der Waals surface area contributed by atoms with Gasteiger partial charge < -0.3 is 4.90 Å². The summed E-state index contributed by atoms with van der Waals surface area (Å²) in [6, 6.07) is 10.1. The van der Waals surface area contributed by atoms with E-state index in [0.717, 1.165) is 31.0 Å². The first-order valence-electron chi connectivity index (χ1n) is 7.32. The van der Waals surface area contributed by atoms with Gasteiger partial charge in [0.2, 0.25) is 5.91 Å². The Balaban J connectivity index is 1.46. The van der Waals surface area contributed by atoms with Gasteiger partial charge in [0, 0.05) is 28.9 Å². The average Bonchev–Trinajstić information content (AvgIpc) is 3.16. The Morgan fingerprint density at radius 2 is 2.24 bits per heavy atom. The predicted molar refractivity (Wildman–Crippen MR) is 85.7 cm³/mol. The standard InChI is InChI=1S/C17H16ClNOS/c18-13-3-1-2-11(8-13)14-9-15(14)17(20)19-6-4-16-12(10-19)5-7-21-16/h1-3,5,7-8,14-15H,4,6,9-10H2. The second kappa shape index (κ2) is 5.15. The summed E-state index contributed by atoms with van der Waals surface area (Å²) in [6.45, 7) is 1.65. The Hall–Kier alpha value is -1.32. The highest BCUT2D eigenvalue weighted by Crippen LogP contribution is 2.49. The monoisotopic (exact) mass is 317 g/mol. The van der Waals surface area contributed by atoms with Crippen LogP contribution in [0.5, 0.6) is 0 Å². The van der Waals surface area contributed by atoms with E-state index in [1.807, 2.05) is 34.4 Å². The van der Waals surface area contributed by atoms with Crippen LogP contribution in [0.1, 0.15) is 28.3 Å². The zero-order valence-electron chi connectivity index (χ0n) is 11.6. The topological polar surface area (TPSA) is 20.3 Å². The molecule has 4 heteroatoms. The van der Waals surface area contributed by atoms with Gasteiger partial charge in [-0.15, -0.1) is 11.3 Å². The number of nitrogens with zero attached hydrogens (tertiary/aromatic N) is 1. The van der Waals surface area contributed by atoms with Gasteiger partial charge in [-0.3, -0.25) is 4.79 Å². The van der Waals surface area contributed by atoms with Crippen LogP contribution in [-0.2, 0) is 17.8 Å². The molecule has 2 aromatic rings. The molecule has 4 rings (SSSR count). The average molecular weight is 318 g/mol. The van der Waals surface area contributed by atoms with Gasteiger partial charge in [0.25, 0.3) is 0 Å². The van der Waals surface area contributed by atoms with E-state index in [1.165, 1.54) is 16.0 Å². The fourth-order valence-corrected chi connectivity index (χ4v) is 4.33. The van der Waals surface area contributed by atoms with Crippen molar-refractivity contribution in [1.82, 2.24) is 4.90 Å². The molecule has 2 atom stereocenters. The molecule has 1 fully saturated rings. The normalized spacial score (nSPS) is 23.8. The zero-order chi connectivity index (χ0) is 14.4. The number of hydrogen-bond donors (Lipinski definition) is 0. The van der Waals surface area contributed by atoms with Crippen molar-refractivity contribution in [3.63, 3.8) is 0 Å². The predicted octanol–water partition coefficient (Wildman–Crippen LogP) is 4.09. The number of thiophene rings is 1. The van der Waals surface area contributed by atoms with Crippen LogP contribution < -0.4 is 0 Å². The number of carbonyl (C=O) groups excluding carboxylic acids is 1. The van der Waals surface area contributed by atoms with E-state index in [-0.39, 0.29) is 5.92 Å². The molecule has 0 saturated heterocycles. The van der Waals surface area contributed by atoms with E-state index < -0.39 is 0 Å². The first-order valence-corrected chi connectivity index (χ1v) is 8.57. The summed E-state index contributed by atoms with van der Waals surface area (Å²) in [6.07, 6.45) is 1.97. The molecule has 21 heavy (non-hydrogen) atoms. The highest BCUT2D eigenvalue weighted by Gasteiger charge is 2.46. The molecule has 2 heterocycles. The highest BCUT2D eigenvalue weighted by atomic mass is 35.5. The van der Waals surface area contributed by atoms with Gasteiger partial charge in [-0.05, 0) is 53.5 Å². The van der Waals surface area contributed by atoms with Gasteiger partial charge in [-0.2, -0.15) is 0 Å². The number of carbonyl (C=O) groups is 1. The van der Waals surface area contributed by atoms with Crippen LogP contribution in [0, 0.1) is 5.92 Å². The van der Waals surface area contributed by atoms with Crippen molar-refractivity contribution in [3.8, 4) is 0 Å². The third kappa shape index (κ3) is 2.49. The minimum absolute atomic E-state index is 0.156. The molecular formula is C17H16ClNOS. The van der Waals surface area contributed by atoms with Crippen LogP contribution >= 0.6 is 22.9 Å². The van der Waals surface area contributed by atoms with E-state index in [9.17, 15) is 4.79 Å². The highest BCUT2D eigenvalue weighted by molar-refractivity contribution is 7.10. The molecule has 2 unspecified atom stereocenters. The molecule has 0 radical (unpaired) electrons. The summed E-state index contributed by atoms with van der Waals surface area (Å²) in [4.78, 5) is 16.1. The van der Waals surface area contributed by atoms with Crippen molar-refractivity contribution in [1.29, 1.82) is 0 Å². The molecule has 1 amide bonds. The van der Waals surface area contributed by atoms with Crippen LogP contribution in [0.4, 0.5) is 0 Å². The number of hydrogen-bond acceptors (Lipinski definition) is 2. The lowest BCUT2D eigenvalue weighted by molar-refractivity contribution is -0.133. The number of amides is 1. The third-order valence-electron chi connectivity index (χ3n) is 4.50. The SMILES string of the molecule is O=C(C1CC1c1cccc(Cl)c1)N1CCc2sccc2C1. The molecule has 1 aromatic carbocycles. The lowest BCUT2D eigenvalue weighted by atomic mass is 10.1. The zero-order valence-corrected chi connectivity index (χ0v) is 13.2.